The maximum absolute atomic E-state index is 11.9. The molecule has 1 unspecified atom stereocenters. The normalized spacial score (nSPS) is 20.1. The number of rotatable bonds is 7. The number of hydrogen-bond donors (Lipinski definition) is 2. The van der Waals surface area contributed by atoms with Crippen molar-refractivity contribution in [2.24, 2.45) is 5.73 Å². The third-order valence-corrected chi connectivity index (χ3v) is 3.99. The minimum Gasteiger partial charge on any atom is -0.353 e. The second-order valence-corrected chi connectivity index (χ2v) is 5.84. The van der Waals surface area contributed by atoms with Gasteiger partial charge in [0.05, 0.1) is 5.54 Å². The van der Waals surface area contributed by atoms with Gasteiger partial charge in [0.25, 0.3) is 0 Å². The molecule has 0 bridgehead atoms. The number of likely N-dealkylation sites (N-methyl/N-ethyl adjacent to an activating group) is 1. The molecule has 3 N–H and O–H groups in total. The Kier molecular flexibility index (Phi) is 6.09. The largest absolute Gasteiger partial charge is 0.353 e. The van der Waals surface area contributed by atoms with Crippen molar-refractivity contribution < 1.29 is 4.79 Å². The summed E-state index contributed by atoms with van der Waals surface area (Å²) in [6.45, 7) is 5.47. The van der Waals surface area contributed by atoms with Crippen LogP contribution in [-0.2, 0) is 4.79 Å². The van der Waals surface area contributed by atoms with Gasteiger partial charge in [-0.25, -0.2) is 0 Å². The van der Waals surface area contributed by atoms with Gasteiger partial charge in [-0.3, -0.25) is 4.79 Å². The predicted octanol–water partition coefficient (Wildman–Crippen LogP) is 1.49. The molecule has 0 spiro atoms. The van der Waals surface area contributed by atoms with E-state index in [1.54, 1.807) is 0 Å². The first-order valence-electron chi connectivity index (χ1n) is 7.25. The second kappa shape index (κ2) is 7.10. The first-order chi connectivity index (χ1) is 8.47. The van der Waals surface area contributed by atoms with Crippen LogP contribution in [0.4, 0.5) is 0 Å². The molecule has 106 valence electrons. The lowest BCUT2D eigenvalue weighted by molar-refractivity contribution is -0.126. The third kappa shape index (κ3) is 4.58. The molecule has 1 amide bonds. The van der Waals surface area contributed by atoms with Gasteiger partial charge in [0.1, 0.15) is 0 Å². The number of nitrogens with one attached hydrogen (secondary N) is 1. The van der Waals surface area contributed by atoms with E-state index >= 15 is 0 Å². The molecule has 0 aliphatic heterocycles. The van der Waals surface area contributed by atoms with Crippen molar-refractivity contribution in [1.29, 1.82) is 0 Å². The average Bonchev–Trinajstić information content (AvgIpc) is 2.82. The number of nitrogens with two attached hydrogens (primary N) is 1. The van der Waals surface area contributed by atoms with Crippen LogP contribution in [0, 0.1) is 0 Å². The van der Waals surface area contributed by atoms with Gasteiger partial charge in [0.2, 0.25) is 5.91 Å². The highest BCUT2D eigenvalue weighted by molar-refractivity contribution is 5.85. The summed E-state index contributed by atoms with van der Waals surface area (Å²) in [6, 6.07) is 0.710. The van der Waals surface area contributed by atoms with E-state index in [1.165, 1.54) is 25.7 Å². The standard InChI is InChI=1S/C14H29N3O/c1-4-9-14(2,15)13(18)16-10-11-17(3)12-7-5-6-8-12/h12H,4-11,15H2,1-3H3,(H,16,18). The van der Waals surface area contributed by atoms with E-state index in [-0.39, 0.29) is 5.91 Å². The zero-order chi connectivity index (χ0) is 13.6. The van der Waals surface area contributed by atoms with Gasteiger partial charge in [0, 0.05) is 19.1 Å². The fourth-order valence-electron chi connectivity index (χ4n) is 2.71. The Hall–Kier alpha value is -0.610. The summed E-state index contributed by atoms with van der Waals surface area (Å²) in [6.07, 6.45) is 6.96. The van der Waals surface area contributed by atoms with Crippen LogP contribution in [0.25, 0.3) is 0 Å². The van der Waals surface area contributed by atoms with Crippen molar-refractivity contribution >= 4 is 5.91 Å². The number of amides is 1. The molecule has 1 saturated carbocycles. The minimum absolute atomic E-state index is 0.0239. The van der Waals surface area contributed by atoms with Crippen molar-refractivity contribution in [3.8, 4) is 0 Å². The van der Waals surface area contributed by atoms with Crippen LogP contribution in [0.5, 0.6) is 0 Å². The highest BCUT2D eigenvalue weighted by Gasteiger charge is 2.27. The van der Waals surface area contributed by atoms with Crippen LogP contribution in [0.1, 0.15) is 52.4 Å². The molecule has 1 aliphatic rings. The Morgan fingerprint density at radius 1 is 1.44 bits per heavy atom. The zero-order valence-corrected chi connectivity index (χ0v) is 12.2. The van der Waals surface area contributed by atoms with Crippen molar-refractivity contribution in [2.45, 2.75) is 64.0 Å². The molecule has 0 aromatic carbocycles. The van der Waals surface area contributed by atoms with Crippen LogP contribution < -0.4 is 11.1 Å². The summed E-state index contributed by atoms with van der Waals surface area (Å²) < 4.78 is 0. The van der Waals surface area contributed by atoms with E-state index in [1.807, 2.05) is 13.8 Å². The van der Waals surface area contributed by atoms with E-state index in [2.05, 4.69) is 17.3 Å². The van der Waals surface area contributed by atoms with Gasteiger partial charge >= 0.3 is 0 Å². The predicted molar refractivity (Wildman–Crippen MR) is 75.4 cm³/mol. The number of carbonyl (C=O) groups excluding carboxylic acids is 1. The third-order valence-electron chi connectivity index (χ3n) is 3.99. The summed E-state index contributed by atoms with van der Waals surface area (Å²) in [4.78, 5) is 14.3. The molecule has 4 nitrogen and oxygen atoms in total. The van der Waals surface area contributed by atoms with Crippen molar-refractivity contribution in [3.63, 3.8) is 0 Å². The van der Waals surface area contributed by atoms with Crippen LogP contribution >= 0.6 is 0 Å². The van der Waals surface area contributed by atoms with Crippen molar-refractivity contribution in [2.75, 3.05) is 20.1 Å². The lowest BCUT2D eigenvalue weighted by atomic mass is 9.96. The Bertz CT molecular complexity index is 260. The molecule has 0 aromatic heterocycles. The van der Waals surface area contributed by atoms with Gasteiger partial charge in [-0.15, -0.1) is 0 Å². The van der Waals surface area contributed by atoms with Gasteiger partial charge in [-0.05, 0) is 33.2 Å². The summed E-state index contributed by atoms with van der Waals surface area (Å²) in [7, 11) is 2.15. The Morgan fingerprint density at radius 3 is 2.61 bits per heavy atom. The van der Waals surface area contributed by atoms with E-state index in [0.717, 1.165) is 19.4 Å². The minimum atomic E-state index is -0.722. The maximum Gasteiger partial charge on any atom is 0.239 e. The topological polar surface area (TPSA) is 58.4 Å². The van der Waals surface area contributed by atoms with Gasteiger partial charge in [-0.2, -0.15) is 0 Å². The first kappa shape index (κ1) is 15.4. The fourth-order valence-corrected chi connectivity index (χ4v) is 2.71. The molecule has 0 aromatic rings. The van der Waals surface area contributed by atoms with Crippen molar-refractivity contribution in [1.82, 2.24) is 10.2 Å². The molecular formula is C14H29N3O. The van der Waals surface area contributed by atoms with Crippen LogP contribution in [0.15, 0.2) is 0 Å². The van der Waals surface area contributed by atoms with E-state index in [9.17, 15) is 4.79 Å². The van der Waals surface area contributed by atoms with Crippen LogP contribution in [0.2, 0.25) is 0 Å². The molecule has 1 fully saturated rings. The maximum atomic E-state index is 11.9. The second-order valence-electron chi connectivity index (χ2n) is 5.84. The summed E-state index contributed by atoms with van der Waals surface area (Å²) in [5, 5.41) is 2.96. The molecule has 0 radical (unpaired) electrons. The summed E-state index contributed by atoms with van der Waals surface area (Å²) in [5.74, 6) is -0.0239. The Balaban J connectivity index is 2.22. The number of hydrogen-bond acceptors (Lipinski definition) is 3. The summed E-state index contributed by atoms with van der Waals surface area (Å²) in [5.41, 5.74) is 5.26. The quantitative estimate of drug-likeness (QED) is 0.725. The molecule has 1 atom stereocenters. The molecule has 1 aliphatic carbocycles. The van der Waals surface area contributed by atoms with Gasteiger partial charge in [0.15, 0.2) is 0 Å². The Morgan fingerprint density at radius 2 is 2.06 bits per heavy atom. The SMILES string of the molecule is CCCC(C)(N)C(=O)NCCN(C)C1CCCC1. The Labute approximate surface area is 111 Å². The monoisotopic (exact) mass is 255 g/mol. The highest BCUT2D eigenvalue weighted by Crippen LogP contribution is 2.21. The molecule has 0 heterocycles. The van der Waals surface area contributed by atoms with Crippen LogP contribution in [-0.4, -0.2) is 42.5 Å². The lowest BCUT2D eigenvalue weighted by Gasteiger charge is -2.26. The molecule has 0 saturated heterocycles. The molecule has 1 rings (SSSR count). The number of nitrogens with zero attached hydrogens (tertiary/aromatic N) is 1. The average molecular weight is 255 g/mol. The fraction of sp³-hybridized carbons (Fsp3) is 0.929. The highest BCUT2D eigenvalue weighted by atomic mass is 16.2. The molecule has 18 heavy (non-hydrogen) atoms. The first-order valence-corrected chi connectivity index (χ1v) is 7.25. The van der Waals surface area contributed by atoms with E-state index in [4.69, 9.17) is 5.73 Å². The molecule has 4 heteroatoms. The van der Waals surface area contributed by atoms with E-state index < -0.39 is 5.54 Å². The number of carbonyl (C=O) groups is 1. The summed E-state index contributed by atoms with van der Waals surface area (Å²) >= 11 is 0. The van der Waals surface area contributed by atoms with Crippen molar-refractivity contribution in [3.05, 3.63) is 0 Å². The van der Waals surface area contributed by atoms with Crippen LogP contribution in [0.3, 0.4) is 0 Å². The smallest absolute Gasteiger partial charge is 0.239 e. The molecular weight excluding hydrogens is 226 g/mol. The van der Waals surface area contributed by atoms with Gasteiger partial charge in [-0.1, -0.05) is 26.2 Å². The van der Waals surface area contributed by atoms with Gasteiger partial charge < -0.3 is 16.0 Å². The van der Waals surface area contributed by atoms with E-state index in [0.29, 0.717) is 12.6 Å². The lowest BCUT2D eigenvalue weighted by Crippen LogP contribution is -2.52. The zero-order valence-electron chi connectivity index (χ0n) is 12.2.